The zero-order valence-corrected chi connectivity index (χ0v) is 15.0. The van der Waals surface area contributed by atoms with Crippen LogP contribution >= 0.6 is 0 Å². The highest BCUT2D eigenvalue weighted by Crippen LogP contribution is 2.17. The molecule has 1 aromatic carbocycles. The molecule has 0 unspecified atom stereocenters. The maximum absolute atomic E-state index is 13.0. The number of benzene rings is 1. The zero-order valence-electron chi connectivity index (χ0n) is 14.2. The average molecular weight is 356 g/mol. The second-order valence-corrected chi connectivity index (χ2v) is 8.36. The van der Waals surface area contributed by atoms with Crippen LogP contribution in [0.25, 0.3) is 0 Å². The number of rotatable bonds is 6. The van der Waals surface area contributed by atoms with Crippen molar-refractivity contribution in [1.29, 1.82) is 0 Å². The first-order chi connectivity index (χ1) is 11.3. The second-order valence-electron chi connectivity index (χ2n) is 6.64. The summed E-state index contributed by atoms with van der Waals surface area (Å²) in [7, 11) is -3.87. The summed E-state index contributed by atoms with van der Waals surface area (Å²) >= 11 is 0. The van der Waals surface area contributed by atoms with Gasteiger partial charge in [-0.05, 0) is 55.9 Å². The average Bonchev–Trinajstić information content (AvgIpc) is 2.54. The van der Waals surface area contributed by atoms with Crippen LogP contribution in [0.3, 0.4) is 0 Å². The number of hydrogen-bond acceptors (Lipinski definition) is 3. The molecule has 5 nitrogen and oxygen atoms in total. The van der Waals surface area contributed by atoms with Crippen molar-refractivity contribution in [2.75, 3.05) is 13.1 Å². The number of nitrogens with one attached hydrogen (secondary N) is 1. The SMILES string of the molecule is CC(C)C[C@H](NS(=O)(=O)c1ccc(F)cc1)C(=O)N1CCCCC1. The monoisotopic (exact) mass is 356 g/mol. The molecule has 1 aromatic rings. The van der Waals surface area contributed by atoms with Crippen LogP contribution in [0.4, 0.5) is 4.39 Å². The van der Waals surface area contributed by atoms with Gasteiger partial charge in [0.15, 0.2) is 0 Å². The fourth-order valence-electron chi connectivity index (χ4n) is 2.87. The molecule has 7 heteroatoms. The van der Waals surface area contributed by atoms with Crippen molar-refractivity contribution >= 4 is 15.9 Å². The number of carbonyl (C=O) groups is 1. The Balaban J connectivity index is 2.17. The van der Waals surface area contributed by atoms with E-state index in [0.717, 1.165) is 31.4 Å². The summed E-state index contributed by atoms with van der Waals surface area (Å²) in [6.45, 7) is 5.24. The van der Waals surface area contributed by atoms with Gasteiger partial charge in [-0.3, -0.25) is 4.79 Å². The van der Waals surface area contributed by atoms with E-state index in [1.165, 1.54) is 12.1 Å². The number of carbonyl (C=O) groups excluding carboxylic acids is 1. The van der Waals surface area contributed by atoms with E-state index >= 15 is 0 Å². The Morgan fingerprint density at radius 3 is 2.29 bits per heavy atom. The van der Waals surface area contributed by atoms with Crippen LogP contribution in [-0.4, -0.2) is 38.4 Å². The van der Waals surface area contributed by atoms with E-state index < -0.39 is 21.9 Å². The lowest BCUT2D eigenvalue weighted by Gasteiger charge is -2.31. The Kier molecular flexibility index (Phi) is 6.34. The molecule has 1 saturated heterocycles. The number of piperidine rings is 1. The first-order valence-electron chi connectivity index (χ1n) is 8.36. The summed E-state index contributed by atoms with van der Waals surface area (Å²) in [5.74, 6) is -0.509. The van der Waals surface area contributed by atoms with Crippen LogP contribution in [0.2, 0.25) is 0 Å². The number of sulfonamides is 1. The van der Waals surface area contributed by atoms with Gasteiger partial charge in [0.2, 0.25) is 15.9 Å². The predicted molar refractivity (Wildman–Crippen MR) is 90.4 cm³/mol. The third kappa shape index (κ3) is 5.01. The number of hydrogen-bond donors (Lipinski definition) is 1. The molecule has 2 rings (SSSR count). The zero-order chi connectivity index (χ0) is 17.7. The van der Waals surface area contributed by atoms with Gasteiger partial charge in [0.1, 0.15) is 11.9 Å². The van der Waals surface area contributed by atoms with Gasteiger partial charge in [0.05, 0.1) is 4.90 Å². The second kappa shape index (κ2) is 8.07. The van der Waals surface area contributed by atoms with Crippen molar-refractivity contribution < 1.29 is 17.6 Å². The molecule has 0 aliphatic carbocycles. The van der Waals surface area contributed by atoms with Gasteiger partial charge in [-0.25, -0.2) is 12.8 Å². The summed E-state index contributed by atoms with van der Waals surface area (Å²) in [6.07, 6.45) is 3.42. The number of likely N-dealkylation sites (tertiary alicyclic amines) is 1. The van der Waals surface area contributed by atoms with E-state index in [1.807, 2.05) is 13.8 Å². The van der Waals surface area contributed by atoms with Crippen molar-refractivity contribution in [3.8, 4) is 0 Å². The molecule has 1 fully saturated rings. The Labute approximate surface area is 143 Å². The van der Waals surface area contributed by atoms with Gasteiger partial charge >= 0.3 is 0 Å². The number of amides is 1. The molecule has 1 aliphatic heterocycles. The Morgan fingerprint density at radius 1 is 1.17 bits per heavy atom. The molecular formula is C17H25FN2O3S. The highest BCUT2D eigenvalue weighted by Gasteiger charge is 2.30. The number of nitrogens with zero attached hydrogens (tertiary/aromatic N) is 1. The maximum Gasteiger partial charge on any atom is 0.241 e. The Hall–Kier alpha value is -1.47. The third-order valence-corrected chi connectivity index (χ3v) is 5.58. The minimum atomic E-state index is -3.87. The van der Waals surface area contributed by atoms with Gasteiger partial charge in [-0.1, -0.05) is 13.8 Å². The van der Waals surface area contributed by atoms with E-state index in [0.29, 0.717) is 19.5 Å². The molecule has 24 heavy (non-hydrogen) atoms. The Morgan fingerprint density at radius 2 is 1.75 bits per heavy atom. The first kappa shape index (κ1) is 18.9. The van der Waals surface area contributed by atoms with Crippen molar-refractivity contribution in [3.63, 3.8) is 0 Å². The van der Waals surface area contributed by atoms with Crippen LogP contribution in [0.15, 0.2) is 29.2 Å². The highest BCUT2D eigenvalue weighted by atomic mass is 32.2. The lowest BCUT2D eigenvalue weighted by atomic mass is 10.0. The summed E-state index contributed by atoms with van der Waals surface area (Å²) in [5.41, 5.74) is 0. The lowest BCUT2D eigenvalue weighted by molar-refractivity contribution is -0.134. The molecule has 1 heterocycles. The molecular weight excluding hydrogens is 331 g/mol. The quantitative estimate of drug-likeness (QED) is 0.852. The fraction of sp³-hybridized carbons (Fsp3) is 0.588. The highest BCUT2D eigenvalue weighted by molar-refractivity contribution is 7.89. The van der Waals surface area contributed by atoms with Crippen LogP contribution in [-0.2, 0) is 14.8 Å². The van der Waals surface area contributed by atoms with Gasteiger partial charge in [-0.15, -0.1) is 0 Å². The first-order valence-corrected chi connectivity index (χ1v) is 9.84. The standard InChI is InChI=1S/C17H25FN2O3S/c1-13(2)12-16(17(21)20-10-4-3-5-11-20)19-24(22,23)15-8-6-14(18)7-9-15/h6-9,13,16,19H,3-5,10-12H2,1-2H3/t16-/m0/s1. The Bertz CT molecular complexity index is 653. The topological polar surface area (TPSA) is 66.5 Å². The summed E-state index contributed by atoms with van der Waals surface area (Å²) in [4.78, 5) is 14.4. The van der Waals surface area contributed by atoms with Crippen molar-refractivity contribution in [1.82, 2.24) is 9.62 Å². The maximum atomic E-state index is 13.0. The molecule has 0 aromatic heterocycles. The van der Waals surface area contributed by atoms with Crippen molar-refractivity contribution in [2.24, 2.45) is 5.92 Å². The molecule has 0 bridgehead atoms. The van der Waals surface area contributed by atoms with Gasteiger partial charge in [0.25, 0.3) is 0 Å². The number of halogens is 1. The van der Waals surface area contributed by atoms with Crippen LogP contribution < -0.4 is 4.72 Å². The molecule has 0 spiro atoms. The van der Waals surface area contributed by atoms with Crippen molar-refractivity contribution in [3.05, 3.63) is 30.1 Å². The van der Waals surface area contributed by atoms with E-state index in [-0.39, 0.29) is 16.7 Å². The van der Waals surface area contributed by atoms with Gasteiger partial charge in [-0.2, -0.15) is 4.72 Å². The van der Waals surface area contributed by atoms with E-state index in [1.54, 1.807) is 4.90 Å². The van der Waals surface area contributed by atoms with Gasteiger partial charge < -0.3 is 4.90 Å². The molecule has 1 N–H and O–H groups in total. The minimum Gasteiger partial charge on any atom is -0.341 e. The molecule has 1 atom stereocenters. The minimum absolute atomic E-state index is 0.0379. The van der Waals surface area contributed by atoms with Crippen LogP contribution in [0, 0.1) is 11.7 Å². The molecule has 134 valence electrons. The normalized spacial score (nSPS) is 17.1. The van der Waals surface area contributed by atoms with E-state index in [2.05, 4.69) is 4.72 Å². The fourth-order valence-corrected chi connectivity index (χ4v) is 4.08. The molecule has 0 saturated carbocycles. The van der Waals surface area contributed by atoms with E-state index in [9.17, 15) is 17.6 Å². The molecule has 0 radical (unpaired) electrons. The summed E-state index contributed by atoms with van der Waals surface area (Å²) in [6, 6.07) is 3.81. The largest absolute Gasteiger partial charge is 0.341 e. The third-order valence-electron chi connectivity index (χ3n) is 4.09. The van der Waals surface area contributed by atoms with Crippen molar-refractivity contribution in [2.45, 2.75) is 50.5 Å². The van der Waals surface area contributed by atoms with Gasteiger partial charge in [0, 0.05) is 13.1 Å². The van der Waals surface area contributed by atoms with Crippen LogP contribution in [0.5, 0.6) is 0 Å². The predicted octanol–water partition coefficient (Wildman–Crippen LogP) is 2.53. The molecule has 1 amide bonds. The summed E-state index contributed by atoms with van der Waals surface area (Å²) < 4.78 is 40.6. The smallest absolute Gasteiger partial charge is 0.241 e. The van der Waals surface area contributed by atoms with E-state index in [4.69, 9.17) is 0 Å². The summed E-state index contributed by atoms with van der Waals surface area (Å²) in [5, 5.41) is 0. The lowest BCUT2D eigenvalue weighted by Crippen LogP contribution is -2.50. The van der Waals surface area contributed by atoms with Crippen LogP contribution in [0.1, 0.15) is 39.5 Å². The molecule has 1 aliphatic rings.